The summed E-state index contributed by atoms with van der Waals surface area (Å²) in [5.41, 5.74) is 9.09. The Balaban J connectivity index is 1.38. The average Bonchev–Trinajstić information content (AvgIpc) is 3.69. The van der Waals surface area contributed by atoms with Gasteiger partial charge in [-0.2, -0.15) is 10.2 Å². The van der Waals surface area contributed by atoms with Crippen LogP contribution in [-0.2, 0) is 20.5 Å². The monoisotopic (exact) mass is 712 g/mol. The van der Waals surface area contributed by atoms with E-state index in [9.17, 15) is 14.7 Å². The number of halogens is 2. The van der Waals surface area contributed by atoms with E-state index in [2.05, 4.69) is 16.6 Å². The number of hydrogen-bond acceptors (Lipinski definition) is 5. The van der Waals surface area contributed by atoms with Gasteiger partial charge in [-0.05, 0) is 94.5 Å². The lowest BCUT2D eigenvalue weighted by Crippen LogP contribution is -2.42. The molecule has 7 rings (SSSR count). The Morgan fingerprint density at radius 1 is 1.00 bits per heavy atom. The second-order valence-electron chi connectivity index (χ2n) is 13.3. The maximum atomic E-state index is 14.9. The highest BCUT2D eigenvalue weighted by Crippen LogP contribution is 2.45. The van der Waals surface area contributed by atoms with E-state index in [0.29, 0.717) is 53.3 Å². The summed E-state index contributed by atoms with van der Waals surface area (Å²) in [6.45, 7) is 10.7. The van der Waals surface area contributed by atoms with Crippen molar-refractivity contribution in [3.8, 4) is 16.9 Å². The van der Waals surface area contributed by atoms with Gasteiger partial charge < -0.3 is 19.3 Å². The fraction of sp³-hybridized carbons (Fsp3) is 0.316. The molecule has 258 valence electrons. The van der Waals surface area contributed by atoms with Crippen molar-refractivity contribution in [3.05, 3.63) is 92.0 Å². The molecule has 12 heteroatoms. The van der Waals surface area contributed by atoms with Gasteiger partial charge in [0, 0.05) is 65.0 Å². The number of rotatable bonds is 8. The van der Waals surface area contributed by atoms with Gasteiger partial charge in [0.1, 0.15) is 11.4 Å². The Kier molecular flexibility index (Phi) is 8.43. The SMILES string of the molecule is Cc1cc(OCCCc2c3n(c4c(-c5c(C)nn(C)c5C)c(Cl)ccc24)C(C)CN(c2cc(C(=O)O)c4cnn(C)c4c2)C3=O)cc(C)c1Cl. The fourth-order valence-electron chi connectivity index (χ4n) is 7.52. The molecule has 3 aromatic heterocycles. The van der Waals surface area contributed by atoms with Crippen LogP contribution < -0.4 is 9.64 Å². The standard InChI is InChI=1S/C38H38Cl2N6O4/c1-19-13-25(14-20(2)34(19)40)50-12-8-9-26-27-10-11-30(39)33(32-22(4)42-43(6)23(32)5)35(27)46-21(3)18-45(37(47)36(26)46)24-15-28(38(48)49)29-17-41-44(7)31(29)16-24/h10-11,13-17,21H,8-9,12,18H2,1-7H3,(H,48,49). The first-order valence-corrected chi connectivity index (χ1v) is 17.3. The van der Waals surface area contributed by atoms with Gasteiger partial charge in [0.15, 0.2) is 0 Å². The third-order valence-electron chi connectivity index (χ3n) is 9.96. The first kappa shape index (κ1) is 33.7. The molecule has 50 heavy (non-hydrogen) atoms. The number of carboxylic acid groups (broad SMARTS) is 1. The second kappa shape index (κ2) is 12.5. The van der Waals surface area contributed by atoms with Crippen molar-refractivity contribution in [2.24, 2.45) is 14.1 Å². The van der Waals surface area contributed by atoms with Crippen LogP contribution in [0.15, 0.2) is 42.6 Å². The molecule has 1 unspecified atom stereocenters. The summed E-state index contributed by atoms with van der Waals surface area (Å²) in [6, 6.07) is 11.0. The number of aromatic nitrogens is 5. The van der Waals surface area contributed by atoms with E-state index < -0.39 is 5.97 Å². The Morgan fingerprint density at radius 2 is 1.72 bits per heavy atom. The number of hydrogen-bond donors (Lipinski definition) is 1. The lowest BCUT2D eigenvalue weighted by molar-refractivity contribution is 0.0698. The molecule has 0 aliphatic carbocycles. The minimum atomic E-state index is -1.08. The van der Waals surface area contributed by atoms with Gasteiger partial charge in [-0.15, -0.1) is 0 Å². The number of nitrogens with zero attached hydrogens (tertiary/aromatic N) is 6. The molecule has 10 nitrogen and oxygen atoms in total. The van der Waals surface area contributed by atoms with Gasteiger partial charge in [-0.3, -0.25) is 14.2 Å². The van der Waals surface area contributed by atoms with E-state index in [1.807, 2.05) is 69.8 Å². The number of ether oxygens (including phenoxy) is 1. The van der Waals surface area contributed by atoms with Crippen LogP contribution in [0.1, 0.15) is 68.3 Å². The molecule has 1 atom stereocenters. The number of fused-ring (bicyclic) bond motifs is 4. The van der Waals surface area contributed by atoms with Crippen molar-refractivity contribution < 1.29 is 19.4 Å². The van der Waals surface area contributed by atoms with Gasteiger partial charge in [0.05, 0.1) is 40.1 Å². The predicted octanol–water partition coefficient (Wildman–Crippen LogP) is 8.40. The number of aryl methyl sites for hydroxylation is 6. The van der Waals surface area contributed by atoms with Crippen LogP contribution in [0.25, 0.3) is 32.9 Å². The highest BCUT2D eigenvalue weighted by Gasteiger charge is 2.37. The zero-order valence-electron chi connectivity index (χ0n) is 29.1. The summed E-state index contributed by atoms with van der Waals surface area (Å²) in [5, 5.41) is 21.8. The smallest absolute Gasteiger partial charge is 0.336 e. The number of carbonyl (C=O) groups excluding carboxylic acids is 1. The Morgan fingerprint density at radius 3 is 2.38 bits per heavy atom. The summed E-state index contributed by atoms with van der Waals surface area (Å²) in [6.07, 6.45) is 2.74. The topological polar surface area (TPSA) is 107 Å². The van der Waals surface area contributed by atoms with Crippen molar-refractivity contribution in [1.82, 2.24) is 24.1 Å². The number of carboxylic acids is 1. The van der Waals surface area contributed by atoms with Crippen molar-refractivity contribution in [1.29, 1.82) is 0 Å². The molecule has 0 saturated carbocycles. The molecule has 0 fully saturated rings. The Hall–Kier alpha value is -4.80. The molecule has 0 spiro atoms. The predicted molar refractivity (Wildman–Crippen MR) is 197 cm³/mol. The van der Waals surface area contributed by atoms with Crippen LogP contribution in [0.2, 0.25) is 10.0 Å². The first-order valence-electron chi connectivity index (χ1n) is 16.5. The fourth-order valence-corrected chi connectivity index (χ4v) is 7.87. The van der Waals surface area contributed by atoms with Crippen LogP contribution in [0.4, 0.5) is 5.69 Å². The maximum Gasteiger partial charge on any atom is 0.336 e. The van der Waals surface area contributed by atoms with Crippen LogP contribution >= 0.6 is 23.2 Å². The molecule has 6 aromatic rings. The minimum absolute atomic E-state index is 0.0961. The van der Waals surface area contributed by atoms with E-state index in [0.717, 1.165) is 60.9 Å². The number of aromatic carboxylic acids is 1. The number of benzene rings is 3. The Bertz CT molecular complexity index is 2360. The second-order valence-corrected chi connectivity index (χ2v) is 14.1. The van der Waals surface area contributed by atoms with E-state index in [1.54, 1.807) is 28.9 Å². The number of amides is 1. The molecule has 1 aliphatic rings. The molecule has 3 aromatic carbocycles. The summed E-state index contributed by atoms with van der Waals surface area (Å²) >= 11 is 13.4. The molecular weight excluding hydrogens is 675 g/mol. The third-order valence-corrected chi connectivity index (χ3v) is 10.9. The average molecular weight is 714 g/mol. The molecule has 4 heterocycles. The molecule has 1 aliphatic heterocycles. The van der Waals surface area contributed by atoms with Crippen LogP contribution in [0, 0.1) is 27.7 Å². The maximum absolute atomic E-state index is 14.9. The van der Waals surface area contributed by atoms with E-state index in [4.69, 9.17) is 33.0 Å². The summed E-state index contributed by atoms with van der Waals surface area (Å²) in [5.74, 6) is -0.538. The molecule has 0 bridgehead atoms. The van der Waals surface area contributed by atoms with Crippen LogP contribution in [0.5, 0.6) is 5.75 Å². The van der Waals surface area contributed by atoms with Crippen molar-refractivity contribution in [2.75, 3.05) is 18.1 Å². The van der Waals surface area contributed by atoms with Gasteiger partial charge in [0.25, 0.3) is 5.91 Å². The summed E-state index contributed by atoms with van der Waals surface area (Å²) in [7, 11) is 3.67. The van der Waals surface area contributed by atoms with Gasteiger partial charge >= 0.3 is 5.97 Å². The van der Waals surface area contributed by atoms with Crippen molar-refractivity contribution in [2.45, 2.75) is 53.5 Å². The Labute approximate surface area is 299 Å². The van der Waals surface area contributed by atoms with Gasteiger partial charge in [-0.25, -0.2) is 4.79 Å². The van der Waals surface area contributed by atoms with Gasteiger partial charge in [-0.1, -0.05) is 29.3 Å². The van der Waals surface area contributed by atoms with E-state index in [1.165, 1.54) is 0 Å². The van der Waals surface area contributed by atoms with E-state index >= 15 is 0 Å². The zero-order valence-corrected chi connectivity index (χ0v) is 30.6. The molecule has 1 amide bonds. The summed E-state index contributed by atoms with van der Waals surface area (Å²) < 4.78 is 11.8. The summed E-state index contributed by atoms with van der Waals surface area (Å²) in [4.78, 5) is 28.9. The lowest BCUT2D eigenvalue weighted by Gasteiger charge is -2.34. The normalized spacial score (nSPS) is 14.6. The highest BCUT2D eigenvalue weighted by molar-refractivity contribution is 6.35. The number of carbonyl (C=O) groups is 2. The molecule has 1 N–H and O–H groups in total. The molecule has 0 radical (unpaired) electrons. The quantitative estimate of drug-likeness (QED) is 0.159. The largest absolute Gasteiger partial charge is 0.494 e. The first-order chi connectivity index (χ1) is 23.8. The van der Waals surface area contributed by atoms with E-state index in [-0.39, 0.29) is 17.5 Å². The number of anilines is 1. The van der Waals surface area contributed by atoms with Crippen LogP contribution in [0.3, 0.4) is 0 Å². The minimum Gasteiger partial charge on any atom is -0.494 e. The van der Waals surface area contributed by atoms with Crippen molar-refractivity contribution >= 4 is 62.6 Å². The molecular formula is C38H38Cl2N6O4. The lowest BCUT2D eigenvalue weighted by atomic mass is 9.98. The molecule has 0 saturated heterocycles. The van der Waals surface area contributed by atoms with Crippen LogP contribution in [-0.4, -0.2) is 54.3 Å². The van der Waals surface area contributed by atoms with Crippen molar-refractivity contribution in [3.63, 3.8) is 0 Å². The highest BCUT2D eigenvalue weighted by atomic mass is 35.5. The zero-order chi connectivity index (χ0) is 35.8. The van der Waals surface area contributed by atoms with Gasteiger partial charge in [0.2, 0.25) is 0 Å². The third kappa shape index (κ3) is 5.32.